The first-order chi connectivity index (χ1) is 12.6. The maximum absolute atomic E-state index is 12.9. The van der Waals surface area contributed by atoms with Gasteiger partial charge in [-0.25, -0.2) is 4.98 Å². The van der Waals surface area contributed by atoms with Crippen LogP contribution in [0.2, 0.25) is 0 Å². The largest absolute Gasteiger partial charge is 0.383 e. The Labute approximate surface area is 154 Å². The Kier molecular flexibility index (Phi) is 4.41. The van der Waals surface area contributed by atoms with Crippen LogP contribution in [0.4, 0.5) is 5.82 Å². The summed E-state index contributed by atoms with van der Waals surface area (Å²) in [5.41, 5.74) is 9.92. The monoisotopic (exact) mass is 350 g/mol. The van der Waals surface area contributed by atoms with E-state index in [0.29, 0.717) is 11.2 Å². The third kappa shape index (κ3) is 3.19. The van der Waals surface area contributed by atoms with Crippen molar-refractivity contribution < 1.29 is 4.79 Å². The Morgan fingerprint density at radius 2 is 1.85 bits per heavy atom. The molecule has 4 rings (SSSR count). The minimum atomic E-state index is 0.141. The second kappa shape index (κ2) is 6.72. The molecule has 2 aliphatic heterocycles. The van der Waals surface area contributed by atoms with Gasteiger partial charge in [0, 0.05) is 29.9 Å². The molecule has 136 valence electrons. The maximum atomic E-state index is 12.9. The lowest BCUT2D eigenvalue weighted by molar-refractivity contribution is 0.0762. The van der Waals surface area contributed by atoms with E-state index in [1.165, 1.54) is 12.8 Å². The number of rotatable bonds is 2. The van der Waals surface area contributed by atoms with Crippen molar-refractivity contribution in [3.63, 3.8) is 0 Å². The number of hydrogen-bond donors (Lipinski definition) is 2. The summed E-state index contributed by atoms with van der Waals surface area (Å²) in [5.74, 6) is 0.665. The molecule has 1 amide bonds. The molecule has 3 heterocycles. The number of nitrogen functional groups attached to an aromatic ring is 1. The van der Waals surface area contributed by atoms with Crippen molar-refractivity contribution in [1.29, 1.82) is 0 Å². The molecular weight excluding hydrogens is 324 g/mol. The number of nitrogens with two attached hydrogens (primary N) is 1. The maximum Gasteiger partial charge on any atom is 0.253 e. The minimum absolute atomic E-state index is 0.141. The second-order valence-electron chi connectivity index (χ2n) is 7.69. The van der Waals surface area contributed by atoms with Gasteiger partial charge in [-0.2, -0.15) is 0 Å². The molecule has 1 spiro atoms. The van der Waals surface area contributed by atoms with Crippen molar-refractivity contribution in [2.24, 2.45) is 5.41 Å². The van der Waals surface area contributed by atoms with E-state index in [9.17, 15) is 4.79 Å². The first kappa shape index (κ1) is 17.0. The number of aryl methyl sites for hydroxylation is 1. The Morgan fingerprint density at radius 3 is 2.54 bits per heavy atom. The average Bonchev–Trinajstić information content (AvgIpc) is 3.05. The molecule has 0 bridgehead atoms. The number of benzene rings is 1. The standard InChI is InChI=1S/C21H26N4O/c1-15-2-7-18(19(22)24-15)16-3-5-17(6-4-16)20(26)25-13-10-21(14-25)8-11-23-12-9-21/h2-7,23H,8-14H2,1H3,(H2,22,24). The van der Waals surface area contributed by atoms with Crippen molar-refractivity contribution >= 4 is 11.7 Å². The van der Waals surface area contributed by atoms with E-state index in [0.717, 1.165) is 55.0 Å². The molecule has 0 aliphatic carbocycles. The Bertz CT molecular complexity index is 809. The molecule has 2 fully saturated rings. The molecule has 0 radical (unpaired) electrons. The molecule has 2 aromatic rings. The third-order valence-corrected chi connectivity index (χ3v) is 5.90. The van der Waals surface area contributed by atoms with Gasteiger partial charge in [0.05, 0.1) is 0 Å². The van der Waals surface area contributed by atoms with E-state index < -0.39 is 0 Å². The van der Waals surface area contributed by atoms with Crippen LogP contribution in [0, 0.1) is 12.3 Å². The van der Waals surface area contributed by atoms with Crippen molar-refractivity contribution in [2.75, 3.05) is 31.9 Å². The fourth-order valence-corrected chi connectivity index (χ4v) is 4.27. The van der Waals surface area contributed by atoms with Gasteiger partial charge in [-0.1, -0.05) is 12.1 Å². The first-order valence-electron chi connectivity index (χ1n) is 9.40. The SMILES string of the molecule is Cc1ccc(-c2ccc(C(=O)N3CCC4(CCNCC4)C3)cc2)c(N)n1. The van der Waals surface area contributed by atoms with E-state index in [4.69, 9.17) is 5.73 Å². The molecule has 1 aromatic carbocycles. The van der Waals surface area contributed by atoms with E-state index in [1.54, 1.807) is 0 Å². The summed E-state index contributed by atoms with van der Waals surface area (Å²) >= 11 is 0. The number of anilines is 1. The molecule has 0 atom stereocenters. The summed E-state index contributed by atoms with van der Waals surface area (Å²) in [6, 6.07) is 11.7. The summed E-state index contributed by atoms with van der Waals surface area (Å²) in [6.07, 6.45) is 3.48. The molecule has 1 aromatic heterocycles. The fraction of sp³-hybridized carbons (Fsp3) is 0.429. The van der Waals surface area contributed by atoms with E-state index >= 15 is 0 Å². The predicted octanol–water partition coefficient (Wildman–Crippen LogP) is 2.85. The number of carbonyl (C=O) groups excluding carboxylic acids is 1. The van der Waals surface area contributed by atoms with Crippen molar-refractivity contribution in [3.05, 3.63) is 47.7 Å². The number of nitrogens with one attached hydrogen (secondary N) is 1. The number of pyridine rings is 1. The highest BCUT2D eigenvalue weighted by Gasteiger charge is 2.40. The number of likely N-dealkylation sites (tertiary alicyclic amines) is 1. The topological polar surface area (TPSA) is 71.2 Å². The Balaban J connectivity index is 1.49. The van der Waals surface area contributed by atoms with Crippen LogP contribution in [0.25, 0.3) is 11.1 Å². The lowest BCUT2D eigenvalue weighted by Gasteiger charge is -2.33. The molecule has 2 aliphatic rings. The van der Waals surface area contributed by atoms with E-state index in [1.807, 2.05) is 48.2 Å². The molecule has 0 unspecified atom stereocenters. The summed E-state index contributed by atoms with van der Waals surface area (Å²) in [7, 11) is 0. The van der Waals surface area contributed by atoms with Crippen LogP contribution in [-0.4, -0.2) is 42.0 Å². The van der Waals surface area contributed by atoms with Crippen LogP contribution < -0.4 is 11.1 Å². The Hall–Kier alpha value is -2.40. The predicted molar refractivity (Wildman–Crippen MR) is 104 cm³/mol. The van der Waals surface area contributed by atoms with Gasteiger partial charge in [-0.3, -0.25) is 4.79 Å². The number of hydrogen-bond acceptors (Lipinski definition) is 4. The van der Waals surface area contributed by atoms with Crippen molar-refractivity contribution in [2.45, 2.75) is 26.2 Å². The van der Waals surface area contributed by atoms with Gasteiger partial charge in [-0.05, 0) is 74.5 Å². The van der Waals surface area contributed by atoms with Crippen LogP contribution in [-0.2, 0) is 0 Å². The van der Waals surface area contributed by atoms with Gasteiger partial charge < -0.3 is 16.0 Å². The van der Waals surface area contributed by atoms with Gasteiger partial charge in [0.2, 0.25) is 0 Å². The molecule has 0 saturated carbocycles. The van der Waals surface area contributed by atoms with Crippen LogP contribution in [0.15, 0.2) is 36.4 Å². The van der Waals surface area contributed by atoms with Gasteiger partial charge >= 0.3 is 0 Å². The molecule has 26 heavy (non-hydrogen) atoms. The molecule has 5 nitrogen and oxygen atoms in total. The summed E-state index contributed by atoms with van der Waals surface area (Å²) in [4.78, 5) is 19.3. The number of carbonyl (C=O) groups is 1. The smallest absolute Gasteiger partial charge is 0.253 e. The highest BCUT2D eigenvalue weighted by Crippen LogP contribution is 2.39. The van der Waals surface area contributed by atoms with Gasteiger partial charge in [0.25, 0.3) is 5.91 Å². The lowest BCUT2D eigenvalue weighted by atomic mass is 9.78. The van der Waals surface area contributed by atoms with Crippen LogP contribution >= 0.6 is 0 Å². The molecule has 5 heteroatoms. The highest BCUT2D eigenvalue weighted by molar-refractivity contribution is 5.95. The van der Waals surface area contributed by atoms with Gasteiger partial charge in [0.15, 0.2) is 0 Å². The zero-order valence-electron chi connectivity index (χ0n) is 15.3. The zero-order valence-corrected chi connectivity index (χ0v) is 15.3. The summed E-state index contributed by atoms with van der Waals surface area (Å²) < 4.78 is 0. The summed E-state index contributed by atoms with van der Waals surface area (Å²) in [5, 5.41) is 3.42. The molecule has 3 N–H and O–H groups in total. The van der Waals surface area contributed by atoms with Crippen LogP contribution in [0.1, 0.15) is 35.3 Å². The zero-order chi connectivity index (χ0) is 18.1. The van der Waals surface area contributed by atoms with Crippen molar-refractivity contribution in [3.8, 4) is 11.1 Å². The molecule has 2 saturated heterocycles. The first-order valence-corrected chi connectivity index (χ1v) is 9.40. The lowest BCUT2D eigenvalue weighted by Crippen LogP contribution is -2.39. The summed E-state index contributed by atoms with van der Waals surface area (Å²) in [6.45, 7) is 5.83. The van der Waals surface area contributed by atoms with E-state index in [2.05, 4.69) is 10.3 Å². The number of amides is 1. The van der Waals surface area contributed by atoms with Crippen LogP contribution in [0.5, 0.6) is 0 Å². The fourth-order valence-electron chi connectivity index (χ4n) is 4.27. The highest BCUT2D eigenvalue weighted by atomic mass is 16.2. The molecular formula is C21H26N4O. The van der Waals surface area contributed by atoms with E-state index in [-0.39, 0.29) is 5.91 Å². The second-order valence-corrected chi connectivity index (χ2v) is 7.69. The number of nitrogens with zero attached hydrogens (tertiary/aromatic N) is 2. The van der Waals surface area contributed by atoms with Crippen LogP contribution in [0.3, 0.4) is 0 Å². The number of piperidine rings is 1. The van der Waals surface area contributed by atoms with Gasteiger partial charge in [-0.15, -0.1) is 0 Å². The average molecular weight is 350 g/mol. The quantitative estimate of drug-likeness (QED) is 0.874. The minimum Gasteiger partial charge on any atom is -0.383 e. The number of aromatic nitrogens is 1. The Morgan fingerprint density at radius 1 is 1.12 bits per heavy atom. The third-order valence-electron chi connectivity index (χ3n) is 5.90. The van der Waals surface area contributed by atoms with Gasteiger partial charge in [0.1, 0.15) is 5.82 Å². The normalized spacial score (nSPS) is 19.0. The van der Waals surface area contributed by atoms with Crippen molar-refractivity contribution in [1.82, 2.24) is 15.2 Å².